The van der Waals surface area contributed by atoms with E-state index in [1.165, 1.54) is 31.7 Å². The Morgan fingerprint density at radius 3 is 2.68 bits per heavy atom. The Kier molecular flexibility index (Phi) is 5.87. The van der Waals surface area contributed by atoms with Crippen molar-refractivity contribution in [3.05, 3.63) is 66.0 Å². The predicted octanol–water partition coefficient (Wildman–Crippen LogP) is 4.70. The first-order valence-electron chi connectivity index (χ1n) is 9.77. The second-order valence-corrected chi connectivity index (χ2v) is 7.12. The summed E-state index contributed by atoms with van der Waals surface area (Å²) in [5.41, 5.74) is 2.15. The third-order valence-electron chi connectivity index (χ3n) is 5.07. The Labute approximate surface area is 164 Å². The van der Waals surface area contributed by atoms with Gasteiger partial charge in [0.1, 0.15) is 24.0 Å². The van der Waals surface area contributed by atoms with Gasteiger partial charge in [-0.2, -0.15) is 5.10 Å². The number of halogens is 1. The first-order valence-corrected chi connectivity index (χ1v) is 9.77. The number of benzene rings is 2. The molecule has 0 unspecified atom stereocenters. The Balaban J connectivity index is 1.34. The van der Waals surface area contributed by atoms with Gasteiger partial charge in [0.2, 0.25) is 0 Å². The third-order valence-corrected chi connectivity index (χ3v) is 5.07. The number of H-pyrrole nitrogens is 1. The smallest absolute Gasteiger partial charge is 0.149 e. The molecule has 146 valence electrons. The van der Waals surface area contributed by atoms with Crippen molar-refractivity contribution in [2.75, 3.05) is 12.0 Å². The number of hydrogen-bond donors (Lipinski definition) is 3. The number of nitrogens with one attached hydrogen (secondary N) is 3. The lowest BCUT2D eigenvalue weighted by atomic mass is 10.1. The molecule has 5 nitrogen and oxygen atoms in total. The molecule has 4 rings (SSSR count). The van der Waals surface area contributed by atoms with E-state index in [0.29, 0.717) is 42.1 Å². The van der Waals surface area contributed by atoms with E-state index >= 15 is 0 Å². The van der Waals surface area contributed by atoms with Crippen molar-refractivity contribution < 1.29 is 9.13 Å². The maximum Gasteiger partial charge on any atom is 0.149 e. The van der Waals surface area contributed by atoms with Crippen LogP contribution in [-0.2, 0) is 6.61 Å². The maximum atomic E-state index is 14.6. The van der Waals surface area contributed by atoms with Crippen LogP contribution in [0.3, 0.4) is 0 Å². The average Bonchev–Trinajstić information content (AvgIpc) is 3.40. The van der Waals surface area contributed by atoms with E-state index in [-0.39, 0.29) is 5.82 Å². The van der Waals surface area contributed by atoms with Gasteiger partial charge in [0.05, 0.1) is 12.4 Å². The summed E-state index contributed by atoms with van der Waals surface area (Å²) >= 11 is 0. The number of nitrogens with zero attached hydrogens (tertiary/aromatic N) is 1. The molecule has 0 atom stereocenters. The van der Waals surface area contributed by atoms with Gasteiger partial charge in [0.25, 0.3) is 0 Å². The molecule has 3 N–H and O–H groups in total. The van der Waals surface area contributed by atoms with Crippen molar-refractivity contribution in [3.8, 4) is 17.0 Å². The Morgan fingerprint density at radius 2 is 1.89 bits per heavy atom. The van der Waals surface area contributed by atoms with Gasteiger partial charge in [-0.25, -0.2) is 4.39 Å². The van der Waals surface area contributed by atoms with Crippen LogP contribution < -0.4 is 15.4 Å². The fraction of sp³-hybridized carbons (Fsp3) is 0.318. The second kappa shape index (κ2) is 8.89. The molecular formula is C22H25FN4O. The molecular weight excluding hydrogens is 355 g/mol. The minimum atomic E-state index is -0.343. The number of aromatic nitrogens is 2. The first kappa shape index (κ1) is 18.5. The second-order valence-electron chi connectivity index (χ2n) is 7.12. The third kappa shape index (κ3) is 4.70. The van der Waals surface area contributed by atoms with Gasteiger partial charge < -0.3 is 10.1 Å². The number of rotatable bonds is 8. The van der Waals surface area contributed by atoms with Crippen LogP contribution in [0.5, 0.6) is 5.75 Å². The summed E-state index contributed by atoms with van der Waals surface area (Å²) < 4.78 is 20.3. The molecule has 0 bridgehead atoms. The summed E-state index contributed by atoms with van der Waals surface area (Å²) in [5, 5.41) is 13.8. The zero-order chi connectivity index (χ0) is 19.2. The summed E-state index contributed by atoms with van der Waals surface area (Å²) in [5.74, 6) is 0.859. The number of anilines is 1. The number of hydrogen-bond acceptors (Lipinski definition) is 4. The van der Waals surface area contributed by atoms with E-state index in [1.54, 1.807) is 12.1 Å². The van der Waals surface area contributed by atoms with E-state index in [4.69, 9.17) is 4.74 Å². The van der Waals surface area contributed by atoms with Crippen molar-refractivity contribution >= 4 is 5.82 Å². The van der Waals surface area contributed by atoms with Crippen molar-refractivity contribution in [3.63, 3.8) is 0 Å². The Bertz CT molecular complexity index is 891. The summed E-state index contributed by atoms with van der Waals surface area (Å²) in [6.07, 6.45) is 5.07. The quantitative estimate of drug-likeness (QED) is 0.496. The first-order chi connectivity index (χ1) is 13.8. The van der Waals surface area contributed by atoms with Crippen LogP contribution in [0, 0.1) is 5.82 Å². The molecule has 0 spiro atoms. The molecule has 1 heterocycles. The standard InChI is InChI=1S/C22H25FN4O/c23-20-12-18(28-14-16-6-2-1-3-7-16)10-11-19(20)21-13-22(27-26-21)25-15-24-17-8-4-5-9-17/h1-3,6-7,10-13,17,24H,4-5,8-9,14-15H2,(H2,25,26,27). The van der Waals surface area contributed by atoms with E-state index < -0.39 is 0 Å². The fourth-order valence-corrected chi connectivity index (χ4v) is 3.51. The van der Waals surface area contributed by atoms with Gasteiger partial charge in [-0.3, -0.25) is 10.4 Å². The van der Waals surface area contributed by atoms with Crippen LogP contribution in [0.1, 0.15) is 31.2 Å². The molecule has 1 aliphatic rings. The van der Waals surface area contributed by atoms with Crippen LogP contribution in [0.15, 0.2) is 54.6 Å². The van der Waals surface area contributed by atoms with E-state index in [0.717, 1.165) is 5.56 Å². The van der Waals surface area contributed by atoms with Crippen LogP contribution in [0.25, 0.3) is 11.3 Å². The van der Waals surface area contributed by atoms with Gasteiger partial charge in [-0.1, -0.05) is 43.2 Å². The molecule has 1 aliphatic carbocycles. The highest BCUT2D eigenvalue weighted by Crippen LogP contribution is 2.27. The largest absolute Gasteiger partial charge is 0.489 e. The SMILES string of the molecule is Fc1cc(OCc2ccccc2)ccc1-c1cc(NCNC2CCCC2)n[nH]1. The van der Waals surface area contributed by atoms with Gasteiger partial charge >= 0.3 is 0 Å². The summed E-state index contributed by atoms with van der Waals surface area (Å²) in [6, 6.07) is 17.1. The van der Waals surface area contributed by atoms with Crippen molar-refractivity contribution in [1.82, 2.24) is 15.5 Å². The number of aromatic amines is 1. The maximum absolute atomic E-state index is 14.6. The summed E-state index contributed by atoms with van der Waals surface area (Å²) in [6.45, 7) is 1.06. The highest BCUT2D eigenvalue weighted by molar-refractivity contribution is 5.64. The lowest BCUT2D eigenvalue weighted by Crippen LogP contribution is -2.31. The zero-order valence-corrected chi connectivity index (χ0v) is 15.7. The predicted molar refractivity (Wildman–Crippen MR) is 109 cm³/mol. The van der Waals surface area contributed by atoms with Crippen molar-refractivity contribution in [2.45, 2.75) is 38.3 Å². The topological polar surface area (TPSA) is 62.0 Å². The molecule has 2 aromatic carbocycles. The molecule has 1 fully saturated rings. The molecule has 0 amide bonds. The van der Waals surface area contributed by atoms with Crippen molar-refractivity contribution in [1.29, 1.82) is 0 Å². The lowest BCUT2D eigenvalue weighted by molar-refractivity contribution is 0.304. The fourth-order valence-electron chi connectivity index (χ4n) is 3.51. The highest BCUT2D eigenvalue weighted by Gasteiger charge is 2.14. The van der Waals surface area contributed by atoms with E-state index in [9.17, 15) is 4.39 Å². The monoisotopic (exact) mass is 380 g/mol. The molecule has 0 saturated heterocycles. The lowest BCUT2D eigenvalue weighted by Gasteiger charge is -2.11. The normalized spacial score (nSPS) is 14.3. The van der Waals surface area contributed by atoms with Crippen molar-refractivity contribution in [2.24, 2.45) is 0 Å². The van der Waals surface area contributed by atoms with Crippen LogP contribution in [-0.4, -0.2) is 22.9 Å². The molecule has 3 aromatic rings. The molecule has 6 heteroatoms. The van der Waals surface area contributed by atoms with Crippen LogP contribution in [0.2, 0.25) is 0 Å². The molecule has 1 saturated carbocycles. The average molecular weight is 380 g/mol. The van der Waals surface area contributed by atoms with Gasteiger partial charge in [-0.05, 0) is 30.5 Å². The number of ether oxygens (including phenoxy) is 1. The highest BCUT2D eigenvalue weighted by atomic mass is 19.1. The molecule has 0 aliphatic heterocycles. The van der Waals surface area contributed by atoms with E-state index in [1.807, 2.05) is 36.4 Å². The van der Waals surface area contributed by atoms with Crippen LogP contribution >= 0.6 is 0 Å². The van der Waals surface area contributed by atoms with E-state index in [2.05, 4.69) is 20.8 Å². The minimum absolute atomic E-state index is 0.343. The summed E-state index contributed by atoms with van der Waals surface area (Å²) in [4.78, 5) is 0. The molecule has 1 aromatic heterocycles. The zero-order valence-electron chi connectivity index (χ0n) is 15.7. The molecule has 0 radical (unpaired) electrons. The van der Waals surface area contributed by atoms with Gasteiger partial charge in [0.15, 0.2) is 0 Å². The van der Waals surface area contributed by atoms with Gasteiger partial charge in [0, 0.05) is 23.7 Å². The summed E-state index contributed by atoms with van der Waals surface area (Å²) in [7, 11) is 0. The van der Waals surface area contributed by atoms with Crippen LogP contribution in [0.4, 0.5) is 10.2 Å². The Hall–Kier alpha value is -2.86. The van der Waals surface area contributed by atoms with Gasteiger partial charge in [-0.15, -0.1) is 0 Å². The molecule has 28 heavy (non-hydrogen) atoms. The minimum Gasteiger partial charge on any atom is -0.489 e. The Morgan fingerprint density at radius 1 is 1.07 bits per heavy atom.